The van der Waals surface area contributed by atoms with Crippen LogP contribution in [0.25, 0.3) is 0 Å². The SMILES string of the molecule is CCCCC[CH-]OCOC.[Li+]. The van der Waals surface area contributed by atoms with Gasteiger partial charge in [-0.15, -0.1) is 0 Å². The zero-order valence-corrected chi connectivity index (χ0v) is 7.93. The van der Waals surface area contributed by atoms with Crippen LogP contribution < -0.4 is 18.9 Å². The number of rotatable bonds is 7. The van der Waals surface area contributed by atoms with Gasteiger partial charge in [0.05, 0.1) is 0 Å². The van der Waals surface area contributed by atoms with E-state index >= 15 is 0 Å². The van der Waals surface area contributed by atoms with Gasteiger partial charge in [-0.3, -0.25) is 0 Å². The predicted molar refractivity (Wildman–Crippen MR) is 41.4 cm³/mol. The third-order valence-electron chi connectivity index (χ3n) is 1.23. The van der Waals surface area contributed by atoms with E-state index in [-0.39, 0.29) is 18.9 Å². The molecule has 2 nitrogen and oxygen atoms in total. The maximum atomic E-state index is 4.98. The summed E-state index contributed by atoms with van der Waals surface area (Å²) in [5.41, 5.74) is 0. The average molecular weight is 152 g/mol. The molecule has 0 aromatic rings. The normalized spacial score (nSPS) is 9.27. The van der Waals surface area contributed by atoms with E-state index in [1.807, 2.05) is 6.61 Å². The Hall–Kier alpha value is 0.517. The van der Waals surface area contributed by atoms with Crippen LogP contribution in [-0.2, 0) is 9.47 Å². The maximum Gasteiger partial charge on any atom is 1.00 e. The summed E-state index contributed by atoms with van der Waals surface area (Å²) in [6.07, 6.45) is 4.81. The second-order valence-corrected chi connectivity index (χ2v) is 2.24. The minimum Gasteiger partial charge on any atom is -0.532 e. The molecule has 0 atom stereocenters. The van der Waals surface area contributed by atoms with Crippen molar-refractivity contribution < 1.29 is 28.3 Å². The van der Waals surface area contributed by atoms with Crippen molar-refractivity contribution in [2.45, 2.75) is 32.6 Å². The largest absolute Gasteiger partial charge is 1.00 e. The van der Waals surface area contributed by atoms with Gasteiger partial charge in [0.2, 0.25) is 0 Å². The fraction of sp³-hybridized carbons (Fsp3) is 0.875. The molecule has 0 spiro atoms. The van der Waals surface area contributed by atoms with Gasteiger partial charge < -0.3 is 9.47 Å². The van der Waals surface area contributed by atoms with Crippen LogP contribution in [0.3, 0.4) is 0 Å². The third kappa shape index (κ3) is 13.5. The fourth-order valence-corrected chi connectivity index (χ4v) is 0.677. The third-order valence-corrected chi connectivity index (χ3v) is 1.23. The molecule has 0 bridgehead atoms. The monoisotopic (exact) mass is 152 g/mol. The molecule has 0 aliphatic carbocycles. The van der Waals surface area contributed by atoms with Gasteiger partial charge in [0.25, 0.3) is 0 Å². The molecule has 0 rings (SSSR count). The van der Waals surface area contributed by atoms with Gasteiger partial charge in [0, 0.05) is 7.11 Å². The first kappa shape index (κ1) is 14.1. The van der Waals surface area contributed by atoms with Crippen LogP contribution in [0.15, 0.2) is 0 Å². The molecule has 62 valence electrons. The van der Waals surface area contributed by atoms with Crippen molar-refractivity contribution in [2.75, 3.05) is 13.9 Å². The summed E-state index contributed by atoms with van der Waals surface area (Å²) in [5.74, 6) is 0. The van der Waals surface area contributed by atoms with E-state index in [4.69, 9.17) is 9.47 Å². The minimum atomic E-state index is 0. The number of hydrogen-bond donors (Lipinski definition) is 0. The number of methoxy groups -OCH3 is 1. The van der Waals surface area contributed by atoms with Gasteiger partial charge in [-0.05, 0) is 0 Å². The molecule has 0 heterocycles. The Morgan fingerprint density at radius 1 is 1.27 bits per heavy atom. The minimum absolute atomic E-state index is 0. The first-order chi connectivity index (χ1) is 4.91. The Morgan fingerprint density at radius 3 is 2.55 bits per heavy atom. The Morgan fingerprint density at radius 2 is 2.00 bits per heavy atom. The topological polar surface area (TPSA) is 18.5 Å². The van der Waals surface area contributed by atoms with E-state index in [1.165, 1.54) is 19.3 Å². The van der Waals surface area contributed by atoms with Crippen molar-refractivity contribution in [3.63, 3.8) is 0 Å². The molecule has 0 amide bonds. The molecule has 0 aromatic heterocycles. The van der Waals surface area contributed by atoms with Gasteiger partial charge in [-0.2, -0.15) is 6.42 Å². The second-order valence-electron chi connectivity index (χ2n) is 2.24. The molecular weight excluding hydrogens is 135 g/mol. The molecule has 0 aliphatic heterocycles. The van der Waals surface area contributed by atoms with Gasteiger partial charge in [0.15, 0.2) is 0 Å². The zero-order chi connectivity index (χ0) is 7.66. The summed E-state index contributed by atoms with van der Waals surface area (Å²) in [5, 5.41) is 0. The molecule has 0 radical (unpaired) electrons. The molecule has 0 unspecified atom stereocenters. The van der Waals surface area contributed by atoms with Crippen LogP contribution in [-0.4, -0.2) is 13.9 Å². The first-order valence-corrected chi connectivity index (χ1v) is 3.84. The van der Waals surface area contributed by atoms with E-state index in [2.05, 4.69) is 6.92 Å². The molecule has 11 heavy (non-hydrogen) atoms. The summed E-state index contributed by atoms with van der Waals surface area (Å²) in [4.78, 5) is 0. The van der Waals surface area contributed by atoms with Crippen molar-refractivity contribution >= 4 is 0 Å². The van der Waals surface area contributed by atoms with Crippen molar-refractivity contribution in [3.8, 4) is 0 Å². The van der Waals surface area contributed by atoms with Crippen molar-refractivity contribution in [1.82, 2.24) is 0 Å². The summed E-state index contributed by atoms with van der Waals surface area (Å²) in [6, 6.07) is 0. The van der Waals surface area contributed by atoms with Crippen LogP contribution in [0.4, 0.5) is 0 Å². The van der Waals surface area contributed by atoms with Gasteiger partial charge in [-0.25, -0.2) is 6.61 Å². The van der Waals surface area contributed by atoms with E-state index in [1.54, 1.807) is 7.11 Å². The molecule has 0 saturated heterocycles. The van der Waals surface area contributed by atoms with E-state index < -0.39 is 0 Å². The maximum absolute atomic E-state index is 4.98. The molecule has 0 aliphatic rings. The van der Waals surface area contributed by atoms with Crippen molar-refractivity contribution in [3.05, 3.63) is 6.61 Å². The summed E-state index contributed by atoms with van der Waals surface area (Å²) >= 11 is 0. The summed E-state index contributed by atoms with van der Waals surface area (Å²) < 4.78 is 9.68. The van der Waals surface area contributed by atoms with Crippen LogP contribution in [0, 0.1) is 6.61 Å². The smallest absolute Gasteiger partial charge is 0.532 e. The average Bonchev–Trinajstić information content (AvgIpc) is 1.97. The Kier molecular flexibility index (Phi) is 16.8. The Balaban J connectivity index is 0. The molecule has 0 N–H and O–H groups in total. The van der Waals surface area contributed by atoms with Crippen molar-refractivity contribution in [2.24, 2.45) is 0 Å². The molecular formula is C8H17LiO2. The van der Waals surface area contributed by atoms with Crippen LogP contribution in [0.5, 0.6) is 0 Å². The fourth-order valence-electron chi connectivity index (χ4n) is 0.677. The summed E-state index contributed by atoms with van der Waals surface area (Å²) in [7, 11) is 1.62. The first-order valence-electron chi connectivity index (χ1n) is 3.84. The van der Waals surface area contributed by atoms with Gasteiger partial charge in [0.1, 0.15) is 6.79 Å². The Labute approximate surface area is 81.8 Å². The van der Waals surface area contributed by atoms with E-state index in [0.717, 1.165) is 6.42 Å². The van der Waals surface area contributed by atoms with Gasteiger partial charge >= 0.3 is 18.9 Å². The number of ether oxygens (including phenoxy) is 2. The zero-order valence-electron chi connectivity index (χ0n) is 7.93. The number of unbranched alkanes of at least 4 members (excludes halogenated alkanes) is 3. The van der Waals surface area contributed by atoms with Crippen LogP contribution in [0.2, 0.25) is 0 Å². The summed E-state index contributed by atoms with van der Waals surface area (Å²) in [6.45, 7) is 4.39. The molecule has 3 heteroatoms. The van der Waals surface area contributed by atoms with E-state index in [0.29, 0.717) is 6.79 Å². The quantitative estimate of drug-likeness (QED) is 0.209. The molecule has 0 fully saturated rings. The number of hydrogen-bond acceptors (Lipinski definition) is 2. The standard InChI is InChI=1S/C8H17O2.Li/c1-3-4-5-6-7-10-8-9-2;/h7H,3-6,8H2,1-2H3;/q-1;+1. The molecule has 0 aromatic carbocycles. The Bertz CT molecular complexity index is 52.1. The van der Waals surface area contributed by atoms with E-state index in [9.17, 15) is 0 Å². The molecule has 0 saturated carbocycles. The second kappa shape index (κ2) is 13.1. The van der Waals surface area contributed by atoms with Crippen LogP contribution >= 0.6 is 0 Å². The van der Waals surface area contributed by atoms with Crippen LogP contribution in [0.1, 0.15) is 32.6 Å². The van der Waals surface area contributed by atoms with Crippen molar-refractivity contribution in [1.29, 1.82) is 0 Å². The van der Waals surface area contributed by atoms with Gasteiger partial charge in [-0.1, -0.05) is 26.2 Å². The predicted octanol–water partition coefficient (Wildman–Crippen LogP) is -0.647.